The first-order valence-electron chi connectivity index (χ1n) is 6.17. The number of halogens is 1. The summed E-state index contributed by atoms with van der Waals surface area (Å²) in [5, 5.41) is 14.0. The zero-order valence-corrected chi connectivity index (χ0v) is 11.7. The maximum Gasteiger partial charge on any atom is 0.0928 e. The molecule has 1 saturated heterocycles. The van der Waals surface area contributed by atoms with Crippen molar-refractivity contribution >= 4 is 22.4 Å². The van der Waals surface area contributed by atoms with Crippen molar-refractivity contribution in [1.82, 2.24) is 5.32 Å². The van der Waals surface area contributed by atoms with Crippen molar-refractivity contribution in [3.63, 3.8) is 0 Å². The first-order chi connectivity index (χ1) is 8.66. The van der Waals surface area contributed by atoms with E-state index in [4.69, 9.17) is 11.6 Å². The molecule has 1 unspecified atom stereocenters. The van der Waals surface area contributed by atoms with Gasteiger partial charge in [0.2, 0.25) is 0 Å². The Balaban J connectivity index is 1.83. The van der Waals surface area contributed by atoms with Crippen LogP contribution in [0.15, 0.2) is 24.3 Å². The molecule has 18 heavy (non-hydrogen) atoms. The summed E-state index contributed by atoms with van der Waals surface area (Å²) in [6.45, 7) is 0.487. The van der Waals surface area contributed by atoms with E-state index >= 15 is 0 Å². The van der Waals surface area contributed by atoms with Gasteiger partial charge in [-0.15, -0.1) is 0 Å². The predicted molar refractivity (Wildman–Crippen MR) is 75.3 cm³/mol. The number of rotatable bonds is 4. The minimum Gasteiger partial charge on any atom is -0.387 e. The Labute approximate surface area is 115 Å². The zero-order valence-electron chi connectivity index (χ0n) is 10.1. The summed E-state index contributed by atoms with van der Waals surface area (Å²) < 4.78 is 11.2. The molecule has 3 nitrogen and oxygen atoms in total. The van der Waals surface area contributed by atoms with Crippen LogP contribution in [0.5, 0.6) is 0 Å². The summed E-state index contributed by atoms with van der Waals surface area (Å²) in [6.07, 6.45) is 1.25. The Bertz CT molecular complexity index is 417. The van der Waals surface area contributed by atoms with Crippen LogP contribution in [-0.2, 0) is 10.8 Å². The van der Waals surface area contributed by atoms with Gasteiger partial charge in [0.15, 0.2) is 0 Å². The number of hydrogen-bond donors (Lipinski definition) is 2. The van der Waals surface area contributed by atoms with Crippen molar-refractivity contribution in [3.8, 4) is 0 Å². The molecule has 2 rings (SSSR count). The van der Waals surface area contributed by atoms with Crippen LogP contribution in [0.25, 0.3) is 0 Å². The lowest BCUT2D eigenvalue weighted by atomic mass is 10.1. The average molecular weight is 288 g/mol. The average Bonchev–Trinajstić information content (AvgIpc) is 2.38. The molecular weight excluding hydrogens is 270 g/mol. The number of aliphatic hydroxyl groups is 1. The van der Waals surface area contributed by atoms with Crippen LogP contribution in [0.3, 0.4) is 0 Å². The van der Waals surface area contributed by atoms with Crippen LogP contribution in [0.4, 0.5) is 0 Å². The highest BCUT2D eigenvalue weighted by Crippen LogP contribution is 2.22. The van der Waals surface area contributed by atoms with E-state index in [1.54, 1.807) is 6.07 Å². The quantitative estimate of drug-likeness (QED) is 0.889. The highest BCUT2D eigenvalue weighted by molar-refractivity contribution is 7.85. The van der Waals surface area contributed by atoms with Crippen molar-refractivity contribution in [3.05, 3.63) is 34.9 Å². The van der Waals surface area contributed by atoms with Crippen LogP contribution in [0, 0.1) is 0 Å². The normalized spacial score (nSPS) is 25.9. The maximum absolute atomic E-state index is 11.2. The van der Waals surface area contributed by atoms with Gasteiger partial charge in [0.25, 0.3) is 0 Å². The van der Waals surface area contributed by atoms with Gasteiger partial charge in [0, 0.05) is 45.5 Å². The Kier molecular flexibility index (Phi) is 5.18. The molecule has 0 amide bonds. The minimum atomic E-state index is -0.638. The molecule has 0 aromatic heterocycles. The van der Waals surface area contributed by atoms with Gasteiger partial charge in [-0.1, -0.05) is 29.8 Å². The standard InChI is InChI=1S/C13H18ClNO2S/c14-12-4-2-1-3-11(12)13(16)9-15-10-5-7-18(17)8-6-10/h1-4,10,13,15-16H,5-9H2. The van der Waals surface area contributed by atoms with E-state index in [9.17, 15) is 9.32 Å². The lowest BCUT2D eigenvalue weighted by Gasteiger charge is -2.24. The fraction of sp³-hybridized carbons (Fsp3) is 0.538. The Morgan fingerprint density at radius 3 is 2.72 bits per heavy atom. The van der Waals surface area contributed by atoms with Gasteiger partial charge in [0.05, 0.1) is 6.10 Å². The smallest absolute Gasteiger partial charge is 0.0928 e. The predicted octanol–water partition coefficient (Wildman–Crippen LogP) is 1.87. The van der Waals surface area contributed by atoms with Gasteiger partial charge in [-0.3, -0.25) is 4.21 Å². The summed E-state index contributed by atoms with van der Waals surface area (Å²) in [7, 11) is -0.638. The van der Waals surface area contributed by atoms with Crippen molar-refractivity contribution in [2.24, 2.45) is 0 Å². The summed E-state index contributed by atoms with van der Waals surface area (Å²) >= 11 is 6.03. The van der Waals surface area contributed by atoms with Gasteiger partial charge < -0.3 is 10.4 Å². The molecule has 100 valence electrons. The molecule has 0 aliphatic carbocycles. The number of aliphatic hydroxyl groups excluding tert-OH is 1. The van der Waals surface area contributed by atoms with Gasteiger partial charge in [-0.2, -0.15) is 0 Å². The molecule has 1 atom stereocenters. The molecule has 1 aromatic carbocycles. The van der Waals surface area contributed by atoms with E-state index < -0.39 is 16.9 Å². The Morgan fingerprint density at radius 2 is 2.06 bits per heavy atom. The monoisotopic (exact) mass is 287 g/mol. The fourth-order valence-electron chi connectivity index (χ4n) is 2.13. The number of nitrogens with one attached hydrogen (secondary N) is 1. The molecule has 1 aromatic rings. The second-order valence-electron chi connectivity index (χ2n) is 4.57. The Hall–Kier alpha value is -0.420. The van der Waals surface area contributed by atoms with Crippen LogP contribution in [-0.4, -0.2) is 33.4 Å². The van der Waals surface area contributed by atoms with E-state index in [1.165, 1.54) is 0 Å². The van der Waals surface area contributed by atoms with Crippen LogP contribution in [0.2, 0.25) is 5.02 Å². The highest BCUT2D eigenvalue weighted by Gasteiger charge is 2.19. The fourth-order valence-corrected chi connectivity index (χ4v) is 3.69. The third-order valence-corrected chi connectivity index (χ3v) is 4.98. The van der Waals surface area contributed by atoms with Gasteiger partial charge >= 0.3 is 0 Å². The third kappa shape index (κ3) is 3.79. The summed E-state index contributed by atoms with van der Waals surface area (Å²) in [6, 6.07) is 7.70. The molecule has 0 radical (unpaired) electrons. The molecule has 0 saturated carbocycles. The molecule has 0 bridgehead atoms. The Morgan fingerprint density at radius 1 is 1.39 bits per heavy atom. The van der Waals surface area contributed by atoms with Gasteiger partial charge in [-0.25, -0.2) is 0 Å². The summed E-state index contributed by atoms with van der Waals surface area (Å²) in [5.74, 6) is 1.53. The highest BCUT2D eigenvalue weighted by atomic mass is 35.5. The van der Waals surface area contributed by atoms with E-state index in [0.717, 1.165) is 29.9 Å². The second kappa shape index (κ2) is 6.66. The molecule has 1 heterocycles. The van der Waals surface area contributed by atoms with E-state index in [2.05, 4.69) is 5.32 Å². The van der Waals surface area contributed by atoms with Crippen LogP contribution >= 0.6 is 11.6 Å². The van der Waals surface area contributed by atoms with E-state index in [1.807, 2.05) is 18.2 Å². The molecule has 5 heteroatoms. The number of benzene rings is 1. The zero-order chi connectivity index (χ0) is 13.0. The summed E-state index contributed by atoms with van der Waals surface area (Å²) in [5.41, 5.74) is 0.756. The minimum absolute atomic E-state index is 0.361. The van der Waals surface area contributed by atoms with Crippen molar-refractivity contribution in [2.75, 3.05) is 18.1 Å². The molecule has 0 spiro atoms. The topological polar surface area (TPSA) is 49.3 Å². The molecule has 1 aliphatic rings. The van der Waals surface area contributed by atoms with Gasteiger partial charge in [0.1, 0.15) is 0 Å². The molecule has 2 N–H and O–H groups in total. The maximum atomic E-state index is 11.2. The van der Waals surface area contributed by atoms with E-state index in [-0.39, 0.29) is 0 Å². The first kappa shape index (κ1) is 14.0. The lowest BCUT2D eigenvalue weighted by molar-refractivity contribution is 0.169. The van der Waals surface area contributed by atoms with Crippen molar-refractivity contribution < 1.29 is 9.32 Å². The molecular formula is C13H18ClNO2S. The second-order valence-corrected chi connectivity index (χ2v) is 6.67. The van der Waals surface area contributed by atoms with Crippen molar-refractivity contribution in [1.29, 1.82) is 0 Å². The van der Waals surface area contributed by atoms with Crippen LogP contribution in [0.1, 0.15) is 24.5 Å². The van der Waals surface area contributed by atoms with E-state index in [0.29, 0.717) is 17.6 Å². The SMILES string of the molecule is O=S1CCC(NCC(O)c2ccccc2Cl)CC1. The first-order valence-corrected chi connectivity index (χ1v) is 8.04. The van der Waals surface area contributed by atoms with Crippen LogP contribution < -0.4 is 5.32 Å². The number of hydrogen-bond acceptors (Lipinski definition) is 3. The van der Waals surface area contributed by atoms with Gasteiger partial charge in [-0.05, 0) is 18.9 Å². The van der Waals surface area contributed by atoms with Crippen molar-refractivity contribution in [2.45, 2.75) is 25.0 Å². The lowest BCUT2D eigenvalue weighted by Crippen LogP contribution is -2.38. The third-order valence-electron chi connectivity index (χ3n) is 3.25. The molecule has 1 aliphatic heterocycles. The molecule has 1 fully saturated rings. The largest absolute Gasteiger partial charge is 0.387 e. The summed E-state index contributed by atoms with van der Waals surface area (Å²) in [4.78, 5) is 0.